The lowest BCUT2D eigenvalue weighted by atomic mass is 10.1. The molecule has 3 nitrogen and oxygen atoms in total. The lowest BCUT2D eigenvalue weighted by Gasteiger charge is -2.30. The largest absolute Gasteiger partial charge is 0.314 e. The van der Waals surface area contributed by atoms with Crippen LogP contribution in [0.2, 0.25) is 0 Å². The second-order valence-electron chi connectivity index (χ2n) is 4.98. The minimum atomic E-state index is 0.174. The van der Waals surface area contributed by atoms with Crippen molar-refractivity contribution in [1.29, 1.82) is 0 Å². The molecule has 0 aliphatic rings. The SMILES string of the molecule is CNC(C)(C)CN(C)CCc1ccncc1. The Morgan fingerprint density at radius 3 is 2.50 bits per heavy atom. The van der Waals surface area contributed by atoms with Gasteiger partial charge in [-0.25, -0.2) is 0 Å². The van der Waals surface area contributed by atoms with Crippen molar-refractivity contribution in [2.45, 2.75) is 25.8 Å². The molecule has 0 saturated carbocycles. The number of likely N-dealkylation sites (N-methyl/N-ethyl adjacent to an activating group) is 2. The summed E-state index contributed by atoms with van der Waals surface area (Å²) in [6.45, 7) is 6.57. The smallest absolute Gasteiger partial charge is 0.0270 e. The molecule has 1 aromatic heterocycles. The Balaban J connectivity index is 2.33. The van der Waals surface area contributed by atoms with E-state index < -0.39 is 0 Å². The molecule has 1 N–H and O–H groups in total. The zero-order valence-electron chi connectivity index (χ0n) is 10.8. The lowest BCUT2D eigenvalue weighted by molar-refractivity contribution is 0.246. The fourth-order valence-corrected chi connectivity index (χ4v) is 1.70. The highest BCUT2D eigenvalue weighted by atomic mass is 15.1. The van der Waals surface area contributed by atoms with Gasteiger partial charge in [-0.15, -0.1) is 0 Å². The van der Waals surface area contributed by atoms with E-state index in [0.717, 1.165) is 19.5 Å². The summed E-state index contributed by atoms with van der Waals surface area (Å²) in [4.78, 5) is 6.38. The summed E-state index contributed by atoms with van der Waals surface area (Å²) in [5.41, 5.74) is 1.52. The van der Waals surface area contributed by atoms with Crippen molar-refractivity contribution < 1.29 is 0 Å². The maximum absolute atomic E-state index is 4.02. The highest BCUT2D eigenvalue weighted by Crippen LogP contribution is 2.05. The van der Waals surface area contributed by atoms with E-state index in [4.69, 9.17) is 0 Å². The highest BCUT2D eigenvalue weighted by molar-refractivity contribution is 5.09. The van der Waals surface area contributed by atoms with Crippen molar-refractivity contribution in [3.05, 3.63) is 30.1 Å². The number of pyridine rings is 1. The summed E-state index contributed by atoms with van der Waals surface area (Å²) >= 11 is 0. The maximum atomic E-state index is 4.02. The quantitative estimate of drug-likeness (QED) is 0.790. The van der Waals surface area contributed by atoms with Gasteiger partial charge in [0.05, 0.1) is 0 Å². The summed E-state index contributed by atoms with van der Waals surface area (Å²) < 4.78 is 0. The average Bonchev–Trinajstić information content (AvgIpc) is 2.27. The molecule has 0 aliphatic carbocycles. The molecule has 1 heterocycles. The Bertz CT molecular complexity index is 295. The van der Waals surface area contributed by atoms with E-state index in [-0.39, 0.29) is 5.54 Å². The van der Waals surface area contributed by atoms with Crippen LogP contribution in [-0.4, -0.2) is 42.6 Å². The van der Waals surface area contributed by atoms with Gasteiger partial charge in [0.25, 0.3) is 0 Å². The van der Waals surface area contributed by atoms with E-state index in [1.165, 1.54) is 5.56 Å². The van der Waals surface area contributed by atoms with Crippen LogP contribution < -0.4 is 5.32 Å². The molecule has 0 atom stereocenters. The topological polar surface area (TPSA) is 28.2 Å². The minimum Gasteiger partial charge on any atom is -0.314 e. The van der Waals surface area contributed by atoms with Crippen LogP contribution in [0.15, 0.2) is 24.5 Å². The summed E-state index contributed by atoms with van der Waals surface area (Å²) in [6, 6.07) is 4.16. The number of rotatable bonds is 6. The minimum absolute atomic E-state index is 0.174. The summed E-state index contributed by atoms with van der Waals surface area (Å²) in [6.07, 6.45) is 4.79. The molecular formula is C13H23N3. The van der Waals surface area contributed by atoms with E-state index in [9.17, 15) is 0 Å². The van der Waals surface area contributed by atoms with E-state index >= 15 is 0 Å². The third-order valence-corrected chi connectivity index (χ3v) is 2.87. The van der Waals surface area contributed by atoms with Gasteiger partial charge in [0.1, 0.15) is 0 Å². The molecule has 0 saturated heterocycles. The molecule has 0 bridgehead atoms. The molecule has 16 heavy (non-hydrogen) atoms. The van der Waals surface area contributed by atoms with Crippen LogP contribution in [0, 0.1) is 0 Å². The van der Waals surface area contributed by atoms with Crippen molar-refractivity contribution in [3.8, 4) is 0 Å². The van der Waals surface area contributed by atoms with Gasteiger partial charge in [-0.2, -0.15) is 0 Å². The number of nitrogens with one attached hydrogen (secondary N) is 1. The normalized spacial score (nSPS) is 12.1. The number of hydrogen-bond acceptors (Lipinski definition) is 3. The third kappa shape index (κ3) is 4.73. The predicted octanol–water partition coefficient (Wildman–Crippen LogP) is 1.55. The molecule has 0 spiro atoms. The zero-order valence-corrected chi connectivity index (χ0v) is 10.8. The fourth-order valence-electron chi connectivity index (χ4n) is 1.70. The van der Waals surface area contributed by atoms with Crippen LogP contribution in [0.25, 0.3) is 0 Å². The Hall–Kier alpha value is -0.930. The zero-order chi connectivity index (χ0) is 12.0. The monoisotopic (exact) mass is 221 g/mol. The second kappa shape index (κ2) is 5.97. The molecule has 3 heteroatoms. The molecule has 1 aromatic rings. The molecule has 0 radical (unpaired) electrons. The standard InChI is InChI=1S/C13H23N3/c1-13(2,14-3)11-16(4)10-7-12-5-8-15-9-6-12/h5-6,8-9,14H,7,10-11H2,1-4H3. The van der Waals surface area contributed by atoms with Gasteiger partial charge in [0.15, 0.2) is 0 Å². The Morgan fingerprint density at radius 2 is 1.94 bits per heavy atom. The summed E-state index contributed by atoms with van der Waals surface area (Å²) in [7, 11) is 4.18. The fraction of sp³-hybridized carbons (Fsp3) is 0.615. The van der Waals surface area contributed by atoms with Crippen molar-refractivity contribution in [2.75, 3.05) is 27.2 Å². The van der Waals surface area contributed by atoms with Gasteiger partial charge in [-0.1, -0.05) is 0 Å². The van der Waals surface area contributed by atoms with Gasteiger partial charge in [0, 0.05) is 31.0 Å². The highest BCUT2D eigenvalue weighted by Gasteiger charge is 2.16. The van der Waals surface area contributed by atoms with Gasteiger partial charge in [0.2, 0.25) is 0 Å². The Morgan fingerprint density at radius 1 is 1.31 bits per heavy atom. The molecule has 0 aliphatic heterocycles. The van der Waals surface area contributed by atoms with Crippen molar-refractivity contribution >= 4 is 0 Å². The third-order valence-electron chi connectivity index (χ3n) is 2.87. The summed E-state index contributed by atoms with van der Waals surface area (Å²) in [5.74, 6) is 0. The first kappa shape index (κ1) is 13.1. The first-order valence-electron chi connectivity index (χ1n) is 5.80. The van der Waals surface area contributed by atoms with Gasteiger partial charge < -0.3 is 10.2 Å². The van der Waals surface area contributed by atoms with Crippen LogP contribution in [0.4, 0.5) is 0 Å². The van der Waals surface area contributed by atoms with Crippen molar-refractivity contribution in [3.63, 3.8) is 0 Å². The first-order valence-corrected chi connectivity index (χ1v) is 5.80. The average molecular weight is 221 g/mol. The van der Waals surface area contributed by atoms with Gasteiger partial charge in [-0.3, -0.25) is 4.98 Å². The number of hydrogen-bond donors (Lipinski definition) is 1. The van der Waals surface area contributed by atoms with Crippen LogP contribution in [0.3, 0.4) is 0 Å². The van der Waals surface area contributed by atoms with E-state index in [2.05, 4.69) is 48.2 Å². The predicted molar refractivity (Wildman–Crippen MR) is 68.6 cm³/mol. The van der Waals surface area contributed by atoms with E-state index in [1.807, 2.05) is 19.4 Å². The van der Waals surface area contributed by atoms with Crippen LogP contribution in [0.5, 0.6) is 0 Å². The maximum Gasteiger partial charge on any atom is 0.0270 e. The molecule has 0 fully saturated rings. The van der Waals surface area contributed by atoms with Gasteiger partial charge >= 0.3 is 0 Å². The second-order valence-corrected chi connectivity index (χ2v) is 4.98. The molecule has 0 aromatic carbocycles. The molecule has 90 valence electrons. The molecule has 1 rings (SSSR count). The van der Waals surface area contributed by atoms with Gasteiger partial charge in [-0.05, 0) is 52.1 Å². The molecule has 0 unspecified atom stereocenters. The molecular weight excluding hydrogens is 198 g/mol. The molecule has 0 amide bonds. The van der Waals surface area contributed by atoms with E-state index in [0.29, 0.717) is 0 Å². The van der Waals surface area contributed by atoms with Crippen LogP contribution >= 0.6 is 0 Å². The number of aromatic nitrogens is 1. The van der Waals surface area contributed by atoms with Crippen molar-refractivity contribution in [2.24, 2.45) is 0 Å². The summed E-state index contributed by atoms with van der Waals surface area (Å²) in [5, 5.41) is 3.32. The van der Waals surface area contributed by atoms with Crippen LogP contribution in [0.1, 0.15) is 19.4 Å². The van der Waals surface area contributed by atoms with Crippen LogP contribution in [-0.2, 0) is 6.42 Å². The Kier molecular flexibility index (Phi) is 4.90. The lowest BCUT2D eigenvalue weighted by Crippen LogP contribution is -2.46. The number of nitrogens with zero attached hydrogens (tertiary/aromatic N) is 2. The van der Waals surface area contributed by atoms with E-state index in [1.54, 1.807) is 0 Å². The first-order chi connectivity index (χ1) is 7.53. The Labute approximate surface area is 98.9 Å². The van der Waals surface area contributed by atoms with Crippen molar-refractivity contribution in [1.82, 2.24) is 15.2 Å².